The maximum absolute atomic E-state index is 15.0. The molecule has 0 heterocycles. The number of aliphatic hydroxyl groups is 2. The smallest absolute Gasteiger partial charge is 0.238 e. The minimum absolute atomic E-state index is 0.176. The molecule has 0 spiro atoms. The molecule has 0 bridgehead atoms. The Morgan fingerprint density at radius 1 is 1.16 bits per heavy atom. The number of anilines is 3. The molecule has 1 unspecified atom stereocenters. The highest BCUT2D eigenvalue weighted by Gasteiger charge is 2.55. The number of aryl methyl sites for hydroxylation is 1. The highest BCUT2D eigenvalue weighted by Crippen LogP contribution is 2.49. The summed E-state index contributed by atoms with van der Waals surface area (Å²) >= 11 is 0. The molecule has 1 atom stereocenters. The highest BCUT2D eigenvalue weighted by molar-refractivity contribution is 7.94. The summed E-state index contributed by atoms with van der Waals surface area (Å²) in [5, 5.41) is 21.1. The fourth-order valence-corrected chi connectivity index (χ4v) is 5.02. The van der Waals surface area contributed by atoms with Crippen LogP contribution in [0.15, 0.2) is 24.3 Å². The van der Waals surface area contributed by atoms with Gasteiger partial charge in [0, 0.05) is 6.07 Å². The topological polar surface area (TPSA) is 108 Å². The third-order valence-electron chi connectivity index (χ3n) is 5.22. The Morgan fingerprint density at radius 3 is 2.39 bits per heavy atom. The zero-order chi connectivity index (χ0) is 23.0. The van der Waals surface area contributed by atoms with Crippen LogP contribution in [0.4, 0.5) is 30.2 Å². The molecule has 0 radical (unpaired) electrons. The minimum atomic E-state index is -4.30. The molecule has 0 aromatic heterocycles. The van der Waals surface area contributed by atoms with Gasteiger partial charge in [-0.1, -0.05) is 6.07 Å². The van der Waals surface area contributed by atoms with Crippen LogP contribution in [0, 0.1) is 24.4 Å². The SMILES string of the molecule is COc1cc(F)c(NS(=O)(=O)C2(CC(O)CO)CC2)c(Nc2ccc(C)cc2F)c1F. The molecule has 1 aliphatic carbocycles. The van der Waals surface area contributed by atoms with E-state index in [0.717, 1.165) is 7.11 Å². The number of methoxy groups -OCH3 is 1. The molecule has 1 saturated carbocycles. The Labute approximate surface area is 177 Å². The van der Waals surface area contributed by atoms with E-state index in [4.69, 9.17) is 9.84 Å². The average molecular weight is 460 g/mol. The second-order valence-corrected chi connectivity index (χ2v) is 9.64. The number of sulfonamides is 1. The molecule has 1 fully saturated rings. The predicted octanol–water partition coefficient (Wildman–Crippen LogP) is 3.18. The van der Waals surface area contributed by atoms with E-state index >= 15 is 0 Å². The monoisotopic (exact) mass is 460 g/mol. The summed E-state index contributed by atoms with van der Waals surface area (Å²) in [5.41, 5.74) is -1.00. The Bertz CT molecular complexity index is 1090. The van der Waals surface area contributed by atoms with Crippen molar-refractivity contribution < 1.29 is 36.5 Å². The molecule has 0 aliphatic heterocycles. The van der Waals surface area contributed by atoms with Crippen LogP contribution in [0.2, 0.25) is 0 Å². The summed E-state index contributed by atoms with van der Waals surface area (Å²) in [7, 11) is -3.20. The zero-order valence-corrected chi connectivity index (χ0v) is 17.7. The lowest BCUT2D eigenvalue weighted by Crippen LogP contribution is -2.34. The molecule has 7 nitrogen and oxygen atoms in total. The van der Waals surface area contributed by atoms with Crippen molar-refractivity contribution in [3.8, 4) is 5.75 Å². The van der Waals surface area contributed by atoms with Gasteiger partial charge >= 0.3 is 0 Å². The van der Waals surface area contributed by atoms with Crippen LogP contribution >= 0.6 is 0 Å². The molecular weight excluding hydrogens is 437 g/mol. The van der Waals surface area contributed by atoms with Gasteiger partial charge in [0.25, 0.3) is 0 Å². The predicted molar refractivity (Wildman–Crippen MR) is 110 cm³/mol. The van der Waals surface area contributed by atoms with Gasteiger partial charge in [0.2, 0.25) is 10.0 Å². The van der Waals surface area contributed by atoms with Crippen molar-refractivity contribution in [2.24, 2.45) is 0 Å². The van der Waals surface area contributed by atoms with Crippen LogP contribution in [0.3, 0.4) is 0 Å². The molecule has 4 N–H and O–H groups in total. The molecule has 2 aromatic carbocycles. The van der Waals surface area contributed by atoms with Crippen molar-refractivity contribution in [3.63, 3.8) is 0 Å². The molecule has 31 heavy (non-hydrogen) atoms. The molecule has 0 amide bonds. The number of aliphatic hydroxyl groups excluding tert-OH is 2. The van der Waals surface area contributed by atoms with Crippen molar-refractivity contribution in [1.29, 1.82) is 0 Å². The minimum Gasteiger partial charge on any atom is -0.493 e. The van der Waals surface area contributed by atoms with E-state index in [1.165, 1.54) is 12.1 Å². The summed E-state index contributed by atoms with van der Waals surface area (Å²) in [4.78, 5) is 0. The fourth-order valence-electron chi connectivity index (χ4n) is 3.28. The second-order valence-electron chi connectivity index (χ2n) is 7.56. The van der Waals surface area contributed by atoms with Crippen molar-refractivity contribution in [3.05, 3.63) is 47.3 Å². The number of rotatable bonds is 9. The Balaban J connectivity index is 2.05. The molecule has 11 heteroatoms. The lowest BCUT2D eigenvalue weighted by Gasteiger charge is -2.22. The van der Waals surface area contributed by atoms with Gasteiger partial charge in [-0.2, -0.15) is 0 Å². The Morgan fingerprint density at radius 2 is 1.84 bits per heavy atom. The summed E-state index contributed by atoms with van der Waals surface area (Å²) in [6.07, 6.45) is -1.20. The number of hydrogen-bond acceptors (Lipinski definition) is 6. The summed E-state index contributed by atoms with van der Waals surface area (Å²) in [6.45, 7) is 1.01. The number of nitrogens with one attached hydrogen (secondary N) is 2. The van der Waals surface area contributed by atoms with Crippen molar-refractivity contribution in [1.82, 2.24) is 0 Å². The average Bonchev–Trinajstić information content (AvgIpc) is 3.49. The molecule has 3 rings (SSSR count). The van der Waals surface area contributed by atoms with Crippen molar-refractivity contribution in [2.45, 2.75) is 37.0 Å². The van der Waals surface area contributed by atoms with E-state index in [1.54, 1.807) is 13.0 Å². The van der Waals surface area contributed by atoms with E-state index in [2.05, 4.69) is 10.0 Å². The first-order chi connectivity index (χ1) is 14.5. The first-order valence-corrected chi connectivity index (χ1v) is 10.9. The zero-order valence-electron chi connectivity index (χ0n) is 16.9. The van der Waals surface area contributed by atoms with Gasteiger partial charge in [-0.25, -0.2) is 21.6 Å². The summed E-state index contributed by atoms with van der Waals surface area (Å²) in [6, 6.07) is 4.70. The Hall–Kier alpha value is -2.50. The van der Waals surface area contributed by atoms with Gasteiger partial charge in [-0.05, 0) is 43.9 Å². The van der Waals surface area contributed by atoms with Gasteiger partial charge in [-0.15, -0.1) is 0 Å². The van der Waals surface area contributed by atoms with Gasteiger partial charge in [0.05, 0.1) is 30.3 Å². The molecule has 0 saturated heterocycles. The van der Waals surface area contributed by atoms with E-state index < -0.39 is 62.1 Å². The maximum Gasteiger partial charge on any atom is 0.238 e. The highest BCUT2D eigenvalue weighted by atomic mass is 32.2. The standard InChI is InChI=1S/C20H23F3N2O5S/c1-11-3-4-15(13(21)7-11)24-19-17(23)16(30-2)8-14(22)18(19)25-31(28,29)20(5-6-20)9-12(27)10-26/h3-4,7-8,12,24-27H,5-6,9-10H2,1-2H3. The first-order valence-electron chi connectivity index (χ1n) is 9.44. The number of halogens is 3. The van der Waals surface area contributed by atoms with Gasteiger partial charge < -0.3 is 20.3 Å². The normalized spacial score (nSPS) is 16.0. The lowest BCUT2D eigenvalue weighted by atomic mass is 10.2. The number of hydrogen-bond donors (Lipinski definition) is 4. The van der Waals surface area contributed by atoms with Crippen LogP contribution in [0.5, 0.6) is 5.75 Å². The largest absolute Gasteiger partial charge is 0.493 e. The number of benzene rings is 2. The number of ether oxygens (including phenoxy) is 1. The second kappa shape index (κ2) is 8.56. The van der Waals surface area contributed by atoms with Crippen LogP contribution < -0.4 is 14.8 Å². The maximum atomic E-state index is 15.0. The first kappa shape index (κ1) is 23.2. The van der Waals surface area contributed by atoms with E-state index in [-0.39, 0.29) is 24.9 Å². The molecule has 170 valence electrons. The van der Waals surface area contributed by atoms with E-state index in [9.17, 15) is 26.7 Å². The van der Waals surface area contributed by atoms with Crippen LogP contribution in [0.1, 0.15) is 24.8 Å². The van der Waals surface area contributed by atoms with Gasteiger partial charge in [0.15, 0.2) is 17.4 Å². The third kappa shape index (κ3) is 4.58. The molecule has 1 aliphatic rings. The third-order valence-corrected chi connectivity index (χ3v) is 7.41. The van der Waals surface area contributed by atoms with Gasteiger partial charge in [-0.3, -0.25) is 4.72 Å². The summed E-state index contributed by atoms with van der Waals surface area (Å²) in [5.74, 6) is -3.52. The fraction of sp³-hybridized carbons (Fsp3) is 0.400. The van der Waals surface area contributed by atoms with Crippen LogP contribution in [-0.4, -0.2) is 43.2 Å². The van der Waals surface area contributed by atoms with Crippen molar-refractivity contribution in [2.75, 3.05) is 23.8 Å². The Kier molecular flexibility index (Phi) is 6.40. The van der Waals surface area contributed by atoms with E-state index in [1.807, 2.05) is 0 Å². The molecular formula is C20H23F3N2O5S. The van der Waals surface area contributed by atoms with Crippen molar-refractivity contribution >= 4 is 27.1 Å². The quantitative estimate of drug-likeness (QED) is 0.458. The summed E-state index contributed by atoms with van der Waals surface area (Å²) < 4.78 is 75.4. The van der Waals surface area contributed by atoms with Crippen LogP contribution in [-0.2, 0) is 10.0 Å². The lowest BCUT2D eigenvalue weighted by molar-refractivity contribution is 0.0858. The van der Waals surface area contributed by atoms with Crippen LogP contribution in [0.25, 0.3) is 0 Å². The van der Waals surface area contributed by atoms with E-state index in [0.29, 0.717) is 11.6 Å². The molecule has 2 aromatic rings. The van der Waals surface area contributed by atoms with Gasteiger partial charge in [0.1, 0.15) is 17.2 Å².